The Morgan fingerprint density at radius 3 is 2.25 bits per heavy atom. The van der Waals surface area contributed by atoms with Crippen LogP contribution in [0, 0.1) is 17.0 Å². The molecule has 0 aromatic heterocycles. The van der Waals surface area contributed by atoms with Crippen molar-refractivity contribution in [2.24, 2.45) is 0 Å². The fourth-order valence-corrected chi connectivity index (χ4v) is 2.10. The van der Waals surface area contributed by atoms with Crippen LogP contribution in [0.4, 0.5) is 5.69 Å². The molecule has 9 heteroatoms. The quantitative estimate of drug-likeness (QED) is 0.506. The smallest absolute Gasteiger partial charge is 0.380 e. The van der Waals surface area contributed by atoms with Gasteiger partial charge in [0.2, 0.25) is 0 Å². The lowest BCUT2D eigenvalue weighted by molar-refractivity contribution is -0.385. The third-order valence-electron chi connectivity index (χ3n) is 2.03. The molecule has 0 saturated heterocycles. The highest BCUT2D eigenvalue weighted by atomic mass is 32.5. The van der Waals surface area contributed by atoms with E-state index in [0.29, 0.717) is 11.3 Å². The molecule has 1 N–H and O–H groups in total. The first-order valence-corrected chi connectivity index (χ1v) is 8.16. The zero-order valence-electron chi connectivity index (χ0n) is 11.7. The molecule has 0 unspecified atom stereocenters. The molecule has 7 nitrogen and oxygen atoms in total. The monoisotopic (exact) mass is 323 g/mol. The molecule has 0 amide bonds. The molecule has 1 rings (SSSR count). The van der Waals surface area contributed by atoms with Gasteiger partial charge in [-0.1, -0.05) is 0 Å². The molecule has 0 aliphatic carbocycles. The normalized spacial score (nSPS) is 10.4. The molecule has 1 aromatic carbocycles. The van der Waals surface area contributed by atoms with Crippen LogP contribution < -0.4 is 4.52 Å². The van der Waals surface area contributed by atoms with E-state index in [1.165, 1.54) is 32.4 Å². The second-order valence-electron chi connectivity index (χ2n) is 3.43. The first kappa shape index (κ1) is 18.9. The maximum Gasteiger partial charge on any atom is 0.380 e. The summed E-state index contributed by atoms with van der Waals surface area (Å²) in [5.74, 6) is 0.389. The molecule has 0 fully saturated rings. The topological polar surface area (TPSA) is 91.1 Å². The van der Waals surface area contributed by atoms with Crippen molar-refractivity contribution in [2.75, 3.05) is 20.8 Å². The Bertz CT molecular complexity index is 488. The average molecular weight is 323 g/mol. The third kappa shape index (κ3) is 5.94. The zero-order chi connectivity index (χ0) is 15.8. The van der Waals surface area contributed by atoms with Crippen molar-refractivity contribution in [2.45, 2.75) is 13.8 Å². The van der Waals surface area contributed by atoms with Crippen LogP contribution in [-0.4, -0.2) is 30.9 Å². The van der Waals surface area contributed by atoms with E-state index in [2.05, 4.69) is 0 Å². The van der Waals surface area contributed by atoms with Crippen LogP contribution in [-0.2, 0) is 20.9 Å². The Morgan fingerprint density at radius 1 is 1.40 bits per heavy atom. The SMILES string of the molecule is CCO.COP(=S)(OC)Oc1ccc([N+](=O)[O-])c(C)c1. The van der Waals surface area contributed by atoms with Crippen LogP contribution in [0.5, 0.6) is 5.75 Å². The number of nitro benzene ring substituents is 1. The Hall–Kier alpha value is -1.05. The largest absolute Gasteiger partial charge is 0.424 e. The lowest BCUT2D eigenvalue weighted by Gasteiger charge is -2.18. The predicted octanol–water partition coefficient (Wildman–Crippen LogP) is 2.80. The van der Waals surface area contributed by atoms with E-state index in [0.717, 1.165) is 0 Å². The number of aryl methyl sites for hydroxylation is 1. The summed E-state index contributed by atoms with van der Waals surface area (Å²) in [7, 11) is 2.78. The van der Waals surface area contributed by atoms with Crippen LogP contribution in [0.25, 0.3) is 0 Å². The fourth-order valence-electron chi connectivity index (χ4n) is 1.17. The van der Waals surface area contributed by atoms with Gasteiger partial charge in [0.1, 0.15) is 5.75 Å². The van der Waals surface area contributed by atoms with E-state index in [9.17, 15) is 10.1 Å². The molecule has 0 bridgehead atoms. The summed E-state index contributed by atoms with van der Waals surface area (Å²) >= 11 is 5.02. The molecule has 1 aromatic rings. The summed E-state index contributed by atoms with van der Waals surface area (Å²) in [5, 5.41) is 18.2. The molecule has 20 heavy (non-hydrogen) atoms. The van der Waals surface area contributed by atoms with Crippen molar-refractivity contribution in [3.63, 3.8) is 0 Å². The standard InChI is InChI=1S/C9H12NO5PS.C2H6O/c1-7-6-8(4-5-9(7)10(11)12)15-16(17,13-2)14-3;1-2-3/h4-6H,1-3H3;3H,2H2,1H3. The molecule has 0 aliphatic heterocycles. The zero-order valence-corrected chi connectivity index (χ0v) is 13.4. The summed E-state index contributed by atoms with van der Waals surface area (Å²) in [6.45, 7) is 0.751. The second-order valence-corrected chi connectivity index (χ2v) is 6.57. The van der Waals surface area contributed by atoms with E-state index in [1.807, 2.05) is 0 Å². The Balaban J connectivity index is 0.00000110. The number of nitro groups is 1. The number of aliphatic hydroxyl groups is 1. The number of hydrogen-bond donors (Lipinski definition) is 1. The van der Waals surface area contributed by atoms with Gasteiger partial charge in [-0.3, -0.25) is 10.1 Å². The molecule has 0 radical (unpaired) electrons. The molecule has 0 spiro atoms. The van der Waals surface area contributed by atoms with E-state index in [-0.39, 0.29) is 12.3 Å². The Kier molecular flexibility index (Phi) is 8.52. The first-order valence-electron chi connectivity index (χ1n) is 5.60. The first-order chi connectivity index (χ1) is 9.33. The average Bonchev–Trinajstić information content (AvgIpc) is 2.39. The second kappa shape index (κ2) is 8.99. The number of aliphatic hydroxyl groups excluding tert-OH is 1. The Labute approximate surface area is 122 Å². The van der Waals surface area contributed by atoms with Crippen molar-refractivity contribution < 1.29 is 23.6 Å². The van der Waals surface area contributed by atoms with Crippen LogP contribution in [0.3, 0.4) is 0 Å². The van der Waals surface area contributed by atoms with Gasteiger partial charge < -0.3 is 18.7 Å². The van der Waals surface area contributed by atoms with Gasteiger partial charge in [0, 0.05) is 44.3 Å². The van der Waals surface area contributed by atoms with Gasteiger partial charge in [0.15, 0.2) is 0 Å². The number of benzene rings is 1. The van der Waals surface area contributed by atoms with E-state index in [4.69, 9.17) is 30.5 Å². The van der Waals surface area contributed by atoms with Gasteiger partial charge in [-0.05, 0) is 26.0 Å². The van der Waals surface area contributed by atoms with Gasteiger partial charge >= 0.3 is 6.72 Å². The van der Waals surface area contributed by atoms with Gasteiger partial charge in [0.05, 0.1) is 4.92 Å². The third-order valence-corrected chi connectivity index (χ3v) is 4.48. The van der Waals surface area contributed by atoms with E-state index < -0.39 is 11.6 Å². The number of nitrogens with zero attached hydrogens (tertiary/aromatic N) is 1. The summed E-state index contributed by atoms with van der Waals surface area (Å²) in [6.07, 6.45) is 0. The van der Waals surface area contributed by atoms with Crippen molar-refractivity contribution in [3.8, 4) is 5.75 Å². The highest BCUT2D eigenvalue weighted by molar-refractivity contribution is 8.07. The van der Waals surface area contributed by atoms with Crippen molar-refractivity contribution >= 4 is 24.2 Å². The maximum atomic E-state index is 10.6. The lowest BCUT2D eigenvalue weighted by atomic mass is 10.2. The van der Waals surface area contributed by atoms with Crippen LogP contribution in [0.1, 0.15) is 12.5 Å². The van der Waals surface area contributed by atoms with Crippen molar-refractivity contribution in [3.05, 3.63) is 33.9 Å². The minimum Gasteiger partial charge on any atom is -0.424 e. The summed E-state index contributed by atoms with van der Waals surface area (Å²) < 4.78 is 15.3. The molecule has 0 atom stereocenters. The predicted molar refractivity (Wildman–Crippen MR) is 79.5 cm³/mol. The summed E-state index contributed by atoms with van der Waals surface area (Å²) in [4.78, 5) is 10.2. The van der Waals surface area contributed by atoms with Gasteiger partial charge in [0.25, 0.3) is 5.69 Å². The van der Waals surface area contributed by atoms with Crippen molar-refractivity contribution in [1.29, 1.82) is 0 Å². The molecule has 114 valence electrons. The van der Waals surface area contributed by atoms with Crippen LogP contribution in [0.15, 0.2) is 18.2 Å². The van der Waals surface area contributed by atoms with Crippen molar-refractivity contribution in [1.82, 2.24) is 0 Å². The summed E-state index contributed by atoms with van der Waals surface area (Å²) in [6, 6.07) is 4.34. The Morgan fingerprint density at radius 2 is 1.90 bits per heavy atom. The number of hydrogen-bond acceptors (Lipinski definition) is 7. The number of rotatable bonds is 5. The van der Waals surface area contributed by atoms with Crippen LogP contribution in [0.2, 0.25) is 0 Å². The summed E-state index contributed by atoms with van der Waals surface area (Å²) in [5.41, 5.74) is 0.516. The molecule has 0 aliphatic rings. The lowest BCUT2D eigenvalue weighted by Crippen LogP contribution is -1.98. The maximum absolute atomic E-state index is 10.6. The molecule has 0 heterocycles. The fraction of sp³-hybridized carbons (Fsp3) is 0.455. The molecular formula is C11H18NO6PS. The minimum absolute atomic E-state index is 0.0282. The minimum atomic E-state index is -2.80. The molecule has 0 saturated carbocycles. The highest BCUT2D eigenvalue weighted by Gasteiger charge is 2.20. The van der Waals surface area contributed by atoms with Gasteiger partial charge in [-0.25, -0.2) is 0 Å². The highest BCUT2D eigenvalue weighted by Crippen LogP contribution is 2.48. The van der Waals surface area contributed by atoms with E-state index >= 15 is 0 Å². The van der Waals surface area contributed by atoms with Crippen LogP contribution >= 0.6 is 6.72 Å². The molecular weight excluding hydrogens is 305 g/mol. The van der Waals surface area contributed by atoms with Gasteiger partial charge in [-0.2, -0.15) is 0 Å². The van der Waals surface area contributed by atoms with Gasteiger partial charge in [-0.15, -0.1) is 0 Å². The van der Waals surface area contributed by atoms with E-state index in [1.54, 1.807) is 13.8 Å².